The Hall–Kier alpha value is -3.51. The van der Waals surface area contributed by atoms with E-state index in [4.69, 9.17) is 23.1 Å². The molecule has 0 unspecified atom stereocenters. The fourth-order valence-electron chi connectivity index (χ4n) is 3.07. The lowest BCUT2D eigenvalue weighted by Crippen LogP contribution is -2.01. The van der Waals surface area contributed by atoms with Crippen LogP contribution in [0.1, 0.15) is 5.56 Å². The van der Waals surface area contributed by atoms with Gasteiger partial charge in [0.1, 0.15) is 5.82 Å². The van der Waals surface area contributed by atoms with E-state index in [1.165, 1.54) is 0 Å². The van der Waals surface area contributed by atoms with E-state index in [1.54, 1.807) is 6.07 Å². The highest BCUT2D eigenvalue weighted by molar-refractivity contribution is 6.30. The van der Waals surface area contributed by atoms with Crippen LogP contribution < -0.4 is 11.5 Å². The number of nitrogens with zero attached hydrogens (tertiary/aromatic N) is 4. The molecule has 4 aromatic rings. The van der Waals surface area contributed by atoms with Crippen molar-refractivity contribution < 1.29 is 0 Å². The average molecular weight is 389 g/mol. The summed E-state index contributed by atoms with van der Waals surface area (Å²) in [5, 5.41) is 17.4. The number of hydrogen-bond acceptors (Lipinski definition) is 6. The second-order valence-electron chi connectivity index (χ2n) is 6.38. The third-order valence-electron chi connectivity index (χ3n) is 4.44. The van der Waals surface area contributed by atoms with Crippen molar-refractivity contribution >= 4 is 23.2 Å². The first-order chi connectivity index (χ1) is 13.5. The molecule has 2 heterocycles. The molecular weight excluding hydrogens is 372 g/mol. The van der Waals surface area contributed by atoms with Crippen LogP contribution in [-0.2, 0) is 0 Å². The van der Waals surface area contributed by atoms with Crippen molar-refractivity contribution in [2.24, 2.45) is 0 Å². The lowest BCUT2D eigenvalue weighted by molar-refractivity contribution is 1.03. The maximum atomic E-state index is 6.18. The highest BCUT2D eigenvalue weighted by Crippen LogP contribution is 2.36. The maximum Gasteiger partial charge on any atom is 0.154 e. The number of benzene rings is 2. The van der Waals surface area contributed by atoms with Crippen LogP contribution in [0, 0.1) is 6.92 Å². The Kier molecular flexibility index (Phi) is 4.63. The molecule has 2 aromatic carbocycles. The van der Waals surface area contributed by atoms with Gasteiger partial charge < -0.3 is 11.5 Å². The third-order valence-corrected chi connectivity index (χ3v) is 4.69. The van der Waals surface area contributed by atoms with Gasteiger partial charge in [0, 0.05) is 21.7 Å². The molecule has 0 saturated heterocycles. The van der Waals surface area contributed by atoms with Gasteiger partial charge in [-0.1, -0.05) is 48.0 Å². The first kappa shape index (κ1) is 17.9. The van der Waals surface area contributed by atoms with Gasteiger partial charge in [-0.15, -0.1) is 20.4 Å². The van der Waals surface area contributed by atoms with E-state index in [2.05, 4.69) is 20.4 Å². The minimum Gasteiger partial charge on any atom is -0.382 e. The van der Waals surface area contributed by atoms with Gasteiger partial charge in [-0.3, -0.25) is 0 Å². The summed E-state index contributed by atoms with van der Waals surface area (Å²) in [6, 6.07) is 19.0. The first-order valence-electron chi connectivity index (χ1n) is 8.61. The molecule has 0 spiro atoms. The Labute approximate surface area is 167 Å². The number of aromatic nitrogens is 4. The summed E-state index contributed by atoms with van der Waals surface area (Å²) < 4.78 is 0. The summed E-state index contributed by atoms with van der Waals surface area (Å²) in [5.41, 5.74) is 17.8. The van der Waals surface area contributed by atoms with Crippen LogP contribution in [-0.4, -0.2) is 20.4 Å². The predicted molar refractivity (Wildman–Crippen MR) is 113 cm³/mol. The number of hydrogen-bond donors (Lipinski definition) is 2. The Morgan fingerprint density at radius 1 is 0.750 bits per heavy atom. The standard InChI is InChI=1S/C21H17ClN6/c1-12-10-19(23)26-27-20(12)16-5-3-2-4-15(16)17-11-18(25-28-21(17)24)13-6-8-14(22)9-7-13/h2-11H,1H3,(H2,23,26)(H2,24,28). The summed E-state index contributed by atoms with van der Waals surface area (Å²) >= 11 is 5.99. The van der Waals surface area contributed by atoms with Crippen molar-refractivity contribution in [2.45, 2.75) is 6.92 Å². The summed E-state index contributed by atoms with van der Waals surface area (Å²) in [6.07, 6.45) is 0. The molecule has 6 nitrogen and oxygen atoms in total. The lowest BCUT2D eigenvalue weighted by Gasteiger charge is -2.13. The molecule has 0 aliphatic heterocycles. The molecule has 138 valence electrons. The molecule has 7 heteroatoms. The Bertz CT molecular complexity index is 1160. The molecule has 4 N–H and O–H groups in total. The van der Waals surface area contributed by atoms with Crippen molar-refractivity contribution in [3.8, 4) is 33.6 Å². The zero-order chi connectivity index (χ0) is 19.7. The number of anilines is 2. The van der Waals surface area contributed by atoms with Gasteiger partial charge in [0.05, 0.1) is 11.4 Å². The highest BCUT2D eigenvalue weighted by Gasteiger charge is 2.15. The van der Waals surface area contributed by atoms with Crippen LogP contribution in [0.5, 0.6) is 0 Å². The molecule has 0 fully saturated rings. The number of aryl methyl sites for hydroxylation is 1. The van der Waals surface area contributed by atoms with E-state index in [0.717, 1.165) is 33.5 Å². The topological polar surface area (TPSA) is 104 Å². The fourth-order valence-corrected chi connectivity index (χ4v) is 3.20. The van der Waals surface area contributed by atoms with Crippen LogP contribution in [0.15, 0.2) is 60.7 Å². The second kappa shape index (κ2) is 7.25. The van der Waals surface area contributed by atoms with E-state index in [1.807, 2.05) is 61.5 Å². The van der Waals surface area contributed by atoms with Gasteiger partial charge in [0.15, 0.2) is 5.82 Å². The van der Waals surface area contributed by atoms with Crippen molar-refractivity contribution in [1.29, 1.82) is 0 Å². The minimum absolute atomic E-state index is 0.339. The zero-order valence-electron chi connectivity index (χ0n) is 15.1. The summed E-state index contributed by atoms with van der Waals surface area (Å²) in [5.74, 6) is 0.722. The Morgan fingerprint density at radius 3 is 2.18 bits per heavy atom. The van der Waals surface area contributed by atoms with Crippen LogP contribution in [0.4, 0.5) is 11.6 Å². The van der Waals surface area contributed by atoms with Crippen molar-refractivity contribution in [2.75, 3.05) is 11.5 Å². The van der Waals surface area contributed by atoms with Gasteiger partial charge >= 0.3 is 0 Å². The molecular formula is C21H17ClN6. The van der Waals surface area contributed by atoms with E-state index < -0.39 is 0 Å². The molecule has 0 saturated carbocycles. The number of nitrogen functional groups attached to an aromatic ring is 2. The van der Waals surface area contributed by atoms with E-state index >= 15 is 0 Å². The average Bonchev–Trinajstić information content (AvgIpc) is 2.69. The second-order valence-corrected chi connectivity index (χ2v) is 6.82. The van der Waals surface area contributed by atoms with Crippen molar-refractivity contribution in [3.63, 3.8) is 0 Å². The van der Waals surface area contributed by atoms with Crippen LogP contribution >= 0.6 is 11.6 Å². The number of rotatable bonds is 3. The van der Waals surface area contributed by atoms with Crippen molar-refractivity contribution in [1.82, 2.24) is 20.4 Å². The van der Waals surface area contributed by atoms with Gasteiger partial charge in [0.2, 0.25) is 0 Å². The van der Waals surface area contributed by atoms with Crippen LogP contribution in [0.25, 0.3) is 33.6 Å². The predicted octanol–water partition coefficient (Wildman–Crippen LogP) is 4.39. The molecule has 0 bridgehead atoms. The van der Waals surface area contributed by atoms with Gasteiger partial charge in [0.25, 0.3) is 0 Å². The van der Waals surface area contributed by atoms with Gasteiger partial charge in [-0.2, -0.15) is 0 Å². The molecule has 0 amide bonds. The molecule has 0 atom stereocenters. The molecule has 4 rings (SSSR count). The number of halogens is 1. The third kappa shape index (κ3) is 3.37. The van der Waals surface area contributed by atoms with Crippen molar-refractivity contribution in [3.05, 3.63) is 71.2 Å². The monoisotopic (exact) mass is 388 g/mol. The molecule has 0 radical (unpaired) electrons. The zero-order valence-corrected chi connectivity index (χ0v) is 15.9. The van der Waals surface area contributed by atoms with E-state index in [9.17, 15) is 0 Å². The summed E-state index contributed by atoms with van der Waals surface area (Å²) in [6.45, 7) is 1.95. The molecule has 0 aliphatic rings. The quantitative estimate of drug-likeness (QED) is 0.539. The van der Waals surface area contributed by atoms with E-state index in [0.29, 0.717) is 22.4 Å². The van der Waals surface area contributed by atoms with Gasteiger partial charge in [-0.05, 0) is 42.3 Å². The highest BCUT2D eigenvalue weighted by atomic mass is 35.5. The fraction of sp³-hybridized carbons (Fsp3) is 0.0476. The molecule has 0 aliphatic carbocycles. The SMILES string of the molecule is Cc1cc(N)nnc1-c1ccccc1-c1cc(-c2ccc(Cl)cc2)nnc1N. The smallest absolute Gasteiger partial charge is 0.154 e. The first-order valence-corrected chi connectivity index (χ1v) is 8.99. The normalized spacial score (nSPS) is 10.8. The summed E-state index contributed by atoms with van der Waals surface area (Å²) in [7, 11) is 0. The van der Waals surface area contributed by atoms with Crippen LogP contribution in [0.3, 0.4) is 0 Å². The largest absolute Gasteiger partial charge is 0.382 e. The maximum absolute atomic E-state index is 6.18. The number of nitrogens with two attached hydrogens (primary N) is 2. The molecule has 2 aromatic heterocycles. The van der Waals surface area contributed by atoms with E-state index in [-0.39, 0.29) is 0 Å². The molecule has 28 heavy (non-hydrogen) atoms. The lowest BCUT2D eigenvalue weighted by atomic mass is 9.95. The minimum atomic E-state index is 0.339. The van der Waals surface area contributed by atoms with Crippen LogP contribution in [0.2, 0.25) is 5.02 Å². The Morgan fingerprint density at radius 2 is 1.46 bits per heavy atom. The van der Waals surface area contributed by atoms with Gasteiger partial charge in [-0.25, -0.2) is 0 Å². The summed E-state index contributed by atoms with van der Waals surface area (Å²) in [4.78, 5) is 0. The Balaban J connectivity index is 1.88.